The minimum Gasteiger partial charge on any atom is -0.391 e. The summed E-state index contributed by atoms with van der Waals surface area (Å²) in [5.74, 6) is -0.622. The highest BCUT2D eigenvalue weighted by molar-refractivity contribution is 6.31. The lowest BCUT2D eigenvalue weighted by atomic mass is 9.79. The van der Waals surface area contributed by atoms with Crippen LogP contribution in [-0.2, 0) is 4.79 Å². The molecule has 134 valence electrons. The number of benzene rings is 1. The van der Waals surface area contributed by atoms with Crippen LogP contribution in [0.5, 0.6) is 0 Å². The van der Waals surface area contributed by atoms with Crippen LogP contribution in [0, 0.1) is 5.82 Å². The average molecular weight is 364 g/mol. The van der Waals surface area contributed by atoms with Crippen LogP contribution in [0.2, 0.25) is 5.02 Å². The minimum atomic E-state index is -0.619. The van der Waals surface area contributed by atoms with Crippen molar-refractivity contribution in [1.82, 2.24) is 5.32 Å². The van der Waals surface area contributed by atoms with E-state index in [0.29, 0.717) is 23.4 Å². The zero-order chi connectivity index (χ0) is 18.4. The van der Waals surface area contributed by atoms with Gasteiger partial charge in [-0.05, 0) is 49.8 Å². The molecule has 0 aromatic heterocycles. The SMILES string of the molecule is C=C(/C=C\C=C/C)C(=O)NC1CC(c2ccc(F)cc2Cl)CCC1O. The molecule has 3 unspecified atom stereocenters. The zero-order valence-electron chi connectivity index (χ0n) is 14.2. The molecular weight excluding hydrogens is 341 g/mol. The molecule has 3 atom stereocenters. The van der Waals surface area contributed by atoms with Crippen molar-refractivity contribution in [2.24, 2.45) is 0 Å². The van der Waals surface area contributed by atoms with Crippen molar-refractivity contribution in [3.63, 3.8) is 0 Å². The van der Waals surface area contributed by atoms with Gasteiger partial charge in [0.05, 0.1) is 12.1 Å². The van der Waals surface area contributed by atoms with Crippen molar-refractivity contribution < 1.29 is 14.3 Å². The highest BCUT2D eigenvalue weighted by atomic mass is 35.5. The molecule has 1 aliphatic carbocycles. The number of hydrogen-bond acceptors (Lipinski definition) is 2. The second-order valence-corrected chi connectivity index (χ2v) is 6.64. The number of hydrogen-bond donors (Lipinski definition) is 2. The lowest BCUT2D eigenvalue weighted by Crippen LogP contribution is -2.47. The van der Waals surface area contributed by atoms with Crippen LogP contribution in [0.1, 0.15) is 37.7 Å². The molecule has 0 saturated heterocycles. The summed E-state index contributed by atoms with van der Waals surface area (Å²) in [7, 11) is 0. The van der Waals surface area contributed by atoms with Crippen LogP contribution >= 0.6 is 11.6 Å². The van der Waals surface area contributed by atoms with Gasteiger partial charge in [0.25, 0.3) is 5.91 Å². The fraction of sp³-hybridized carbons (Fsp3) is 0.350. The van der Waals surface area contributed by atoms with E-state index in [1.807, 2.05) is 13.0 Å². The molecule has 2 N–H and O–H groups in total. The third-order valence-electron chi connectivity index (χ3n) is 4.43. The summed E-state index contributed by atoms with van der Waals surface area (Å²) < 4.78 is 13.2. The molecule has 2 rings (SSSR count). The van der Waals surface area contributed by atoms with Crippen LogP contribution in [-0.4, -0.2) is 23.2 Å². The Bertz CT molecular complexity index is 699. The molecule has 1 saturated carbocycles. The van der Waals surface area contributed by atoms with Gasteiger partial charge in [0.1, 0.15) is 5.82 Å². The predicted molar refractivity (Wildman–Crippen MR) is 99.0 cm³/mol. The number of allylic oxidation sites excluding steroid dienone is 3. The third kappa shape index (κ3) is 5.28. The number of aliphatic hydroxyl groups excluding tert-OH is 1. The lowest BCUT2D eigenvalue weighted by Gasteiger charge is -2.34. The van der Waals surface area contributed by atoms with E-state index in [9.17, 15) is 14.3 Å². The number of nitrogens with one attached hydrogen (secondary N) is 1. The Morgan fingerprint density at radius 1 is 1.40 bits per heavy atom. The van der Waals surface area contributed by atoms with Gasteiger partial charge in [0.15, 0.2) is 0 Å². The van der Waals surface area contributed by atoms with Crippen LogP contribution in [0.25, 0.3) is 0 Å². The van der Waals surface area contributed by atoms with Gasteiger partial charge in [-0.25, -0.2) is 4.39 Å². The fourth-order valence-electron chi connectivity index (χ4n) is 3.04. The van der Waals surface area contributed by atoms with Gasteiger partial charge >= 0.3 is 0 Å². The summed E-state index contributed by atoms with van der Waals surface area (Å²) in [6, 6.07) is 3.97. The van der Waals surface area contributed by atoms with Crippen molar-refractivity contribution in [1.29, 1.82) is 0 Å². The minimum absolute atomic E-state index is 0.0635. The summed E-state index contributed by atoms with van der Waals surface area (Å²) >= 11 is 6.15. The van der Waals surface area contributed by atoms with E-state index in [2.05, 4.69) is 11.9 Å². The van der Waals surface area contributed by atoms with Crippen LogP contribution < -0.4 is 5.32 Å². The molecule has 1 amide bonds. The standard InChI is InChI=1S/C20H23ClFNO2/c1-3-4-5-6-13(2)20(25)23-18-11-14(7-10-19(18)24)16-9-8-15(22)12-17(16)21/h3-6,8-9,12,14,18-19,24H,2,7,10-11H2,1H3,(H,23,25)/b4-3-,6-5-. The Kier molecular flexibility index (Phi) is 6.97. The van der Waals surface area contributed by atoms with Gasteiger partial charge in [0, 0.05) is 10.6 Å². The van der Waals surface area contributed by atoms with Crippen LogP contribution in [0.15, 0.2) is 54.7 Å². The van der Waals surface area contributed by atoms with E-state index < -0.39 is 6.10 Å². The average Bonchev–Trinajstić information content (AvgIpc) is 2.57. The van der Waals surface area contributed by atoms with E-state index in [1.165, 1.54) is 12.1 Å². The molecule has 1 aromatic carbocycles. The number of amides is 1. The van der Waals surface area contributed by atoms with Crippen molar-refractivity contribution >= 4 is 17.5 Å². The summed E-state index contributed by atoms with van der Waals surface area (Å²) in [5, 5.41) is 13.4. The first kappa shape index (κ1) is 19.4. The molecule has 1 aromatic rings. The maximum absolute atomic E-state index is 13.2. The molecule has 1 aliphatic rings. The number of rotatable bonds is 5. The topological polar surface area (TPSA) is 49.3 Å². The molecular formula is C20H23ClFNO2. The maximum atomic E-state index is 13.2. The molecule has 0 radical (unpaired) electrons. The quantitative estimate of drug-likeness (QED) is 0.606. The highest BCUT2D eigenvalue weighted by Crippen LogP contribution is 2.36. The second kappa shape index (κ2) is 8.97. The number of carbonyl (C=O) groups excluding carboxylic acids is 1. The van der Waals surface area contributed by atoms with Gasteiger partial charge in [-0.2, -0.15) is 0 Å². The Morgan fingerprint density at radius 2 is 2.16 bits per heavy atom. The predicted octanol–water partition coefficient (Wildman–Crippen LogP) is 4.28. The van der Waals surface area contributed by atoms with Gasteiger partial charge in [-0.1, -0.05) is 48.6 Å². The summed E-state index contributed by atoms with van der Waals surface area (Å²) in [4.78, 5) is 12.2. The van der Waals surface area contributed by atoms with Crippen molar-refractivity contribution in [2.75, 3.05) is 0 Å². The van der Waals surface area contributed by atoms with Crippen molar-refractivity contribution in [2.45, 2.75) is 44.2 Å². The highest BCUT2D eigenvalue weighted by Gasteiger charge is 2.32. The monoisotopic (exact) mass is 363 g/mol. The number of halogens is 2. The molecule has 0 bridgehead atoms. The van der Waals surface area contributed by atoms with E-state index >= 15 is 0 Å². The largest absolute Gasteiger partial charge is 0.391 e. The van der Waals surface area contributed by atoms with E-state index in [4.69, 9.17) is 11.6 Å². The molecule has 0 aliphatic heterocycles. The molecule has 5 heteroatoms. The Balaban J connectivity index is 2.05. The number of carbonyl (C=O) groups is 1. The second-order valence-electron chi connectivity index (χ2n) is 6.23. The first-order chi connectivity index (χ1) is 11.9. The smallest absolute Gasteiger partial charge is 0.250 e. The molecule has 0 spiro atoms. The van der Waals surface area contributed by atoms with E-state index in [1.54, 1.807) is 24.3 Å². The molecule has 0 heterocycles. The first-order valence-electron chi connectivity index (χ1n) is 8.34. The van der Waals surface area contributed by atoms with E-state index in [-0.39, 0.29) is 23.7 Å². The number of aliphatic hydroxyl groups is 1. The lowest BCUT2D eigenvalue weighted by molar-refractivity contribution is -0.119. The molecule has 3 nitrogen and oxygen atoms in total. The zero-order valence-corrected chi connectivity index (χ0v) is 15.0. The van der Waals surface area contributed by atoms with Crippen LogP contribution in [0.3, 0.4) is 0 Å². The Morgan fingerprint density at radius 3 is 2.84 bits per heavy atom. The first-order valence-corrected chi connectivity index (χ1v) is 8.72. The van der Waals surface area contributed by atoms with Gasteiger partial charge in [0.2, 0.25) is 0 Å². The Labute approximate surface area is 152 Å². The van der Waals surface area contributed by atoms with E-state index in [0.717, 1.165) is 12.0 Å². The molecule has 1 fully saturated rings. The van der Waals surface area contributed by atoms with Gasteiger partial charge in [-0.15, -0.1) is 0 Å². The maximum Gasteiger partial charge on any atom is 0.250 e. The summed E-state index contributed by atoms with van der Waals surface area (Å²) in [6.45, 7) is 5.62. The van der Waals surface area contributed by atoms with Crippen molar-refractivity contribution in [3.8, 4) is 0 Å². The molecule has 25 heavy (non-hydrogen) atoms. The van der Waals surface area contributed by atoms with Gasteiger partial charge < -0.3 is 10.4 Å². The Hall–Kier alpha value is -1.91. The van der Waals surface area contributed by atoms with Crippen LogP contribution in [0.4, 0.5) is 4.39 Å². The fourth-order valence-corrected chi connectivity index (χ4v) is 3.37. The third-order valence-corrected chi connectivity index (χ3v) is 4.75. The van der Waals surface area contributed by atoms with Gasteiger partial charge in [-0.3, -0.25) is 4.79 Å². The summed E-state index contributed by atoms with van der Waals surface area (Å²) in [6.07, 6.45) is 8.23. The van der Waals surface area contributed by atoms with Crippen molar-refractivity contribution in [3.05, 3.63) is 71.1 Å². The summed E-state index contributed by atoms with van der Waals surface area (Å²) in [5.41, 5.74) is 1.17. The normalized spacial score (nSPS) is 23.9.